The van der Waals surface area contributed by atoms with Crippen LogP contribution in [0.3, 0.4) is 0 Å². The average molecular weight is 186 g/mol. The first-order chi connectivity index (χ1) is 6.28. The summed E-state index contributed by atoms with van der Waals surface area (Å²) >= 11 is 0. The molecule has 0 spiro atoms. The molecule has 0 amide bonds. The van der Waals surface area contributed by atoms with Crippen molar-refractivity contribution >= 4 is 5.96 Å². The third kappa shape index (κ3) is 5.30. The lowest BCUT2D eigenvalue weighted by Gasteiger charge is -2.09. The molecule has 3 N–H and O–H groups in total. The summed E-state index contributed by atoms with van der Waals surface area (Å²) in [7, 11) is 0. The SMILES string of the molecule is CCCC(CCC)N=C(N=O)NN. The van der Waals surface area contributed by atoms with Gasteiger partial charge in [0.2, 0.25) is 0 Å². The van der Waals surface area contributed by atoms with E-state index in [9.17, 15) is 4.91 Å². The van der Waals surface area contributed by atoms with Crippen LogP contribution in [-0.2, 0) is 0 Å². The number of hydrogen-bond donors (Lipinski definition) is 2. The third-order valence-electron chi connectivity index (χ3n) is 1.76. The van der Waals surface area contributed by atoms with Gasteiger partial charge in [0.25, 0.3) is 5.96 Å². The van der Waals surface area contributed by atoms with Crippen molar-refractivity contribution in [2.45, 2.75) is 45.6 Å². The van der Waals surface area contributed by atoms with Gasteiger partial charge >= 0.3 is 0 Å². The Morgan fingerprint density at radius 2 is 1.92 bits per heavy atom. The number of hydrazine groups is 1. The number of hydrogen-bond acceptors (Lipinski definition) is 3. The van der Waals surface area contributed by atoms with Crippen LogP contribution in [0.5, 0.6) is 0 Å². The van der Waals surface area contributed by atoms with Crippen LogP contribution < -0.4 is 11.3 Å². The molecule has 5 heteroatoms. The first-order valence-corrected chi connectivity index (χ1v) is 4.66. The Morgan fingerprint density at radius 3 is 2.23 bits per heavy atom. The molecule has 0 heterocycles. The van der Waals surface area contributed by atoms with Crippen LogP contribution in [0.25, 0.3) is 0 Å². The lowest BCUT2D eigenvalue weighted by molar-refractivity contribution is 0.553. The predicted octanol–water partition coefficient (Wildman–Crippen LogP) is 1.54. The standard InChI is InChI=1S/C8H18N4O/c1-3-5-7(6-4-2)10-8(11-9)12-13/h7H,3-6,9H2,1-2H3,(H,10,11). The first-order valence-electron chi connectivity index (χ1n) is 4.66. The number of nitrogens with zero attached hydrogens (tertiary/aromatic N) is 2. The molecule has 0 fully saturated rings. The fourth-order valence-electron chi connectivity index (χ4n) is 1.20. The molecule has 0 unspecified atom stereocenters. The molecule has 0 bridgehead atoms. The summed E-state index contributed by atoms with van der Waals surface area (Å²) in [5, 5.41) is 2.67. The smallest absolute Gasteiger partial charge is 0.274 e. The van der Waals surface area contributed by atoms with Gasteiger partial charge in [-0.05, 0) is 12.8 Å². The molecule has 0 aliphatic heterocycles. The van der Waals surface area contributed by atoms with E-state index < -0.39 is 0 Å². The van der Waals surface area contributed by atoms with Gasteiger partial charge in [-0.2, -0.15) is 0 Å². The Morgan fingerprint density at radius 1 is 1.38 bits per heavy atom. The minimum atomic E-state index is -0.00750. The van der Waals surface area contributed by atoms with E-state index >= 15 is 0 Å². The maximum Gasteiger partial charge on any atom is 0.274 e. The molecule has 0 saturated heterocycles. The maximum absolute atomic E-state index is 10.2. The molecule has 0 aromatic carbocycles. The van der Waals surface area contributed by atoms with E-state index in [-0.39, 0.29) is 12.0 Å². The van der Waals surface area contributed by atoms with E-state index in [2.05, 4.69) is 29.4 Å². The quantitative estimate of drug-likeness (QED) is 0.225. The van der Waals surface area contributed by atoms with E-state index in [0.29, 0.717) is 0 Å². The third-order valence-corrected chi connectivity index (χ3v) is 1.76. The van der Waals surface area contributed by atoms with Crippen LogP contribution in [0.15, 0.2) is 10.2 Å². The van der Waals surface area contributed by atoms with Crippen molar-refractivity contribution in [1.82, 2.24) is 5.43 Å². The summed E-state index contributed by atoms with van der Waals surface area (Å²) < 4.78 is 0. The van der Waals surface area contributed by atoms with Crippen molar-refractivity contribution in [3.8, 4) is 0 Å². The van der Waals surface area contributed by atoms with Crippen LogP contribution in [0.1, 0.15) is 39.5 Å². The lowest BCUT2D eigenvalue weighted by Crippen LogP contribution is -2.29. The fraction of sp³-hybridized carbons (Fsp3) is 0.875. The molecule has 76 valence electrons. The molecular weight excluding hydrogens is 168 g/mol. The highest BCUT2D eigenvalue weighted by Crippen LogP contribution is 2.08. The summed E-state index contributed by atoms with van der Waals surface area (Å²) in [5.74, 6) is 5.04. The molecule has 13 heavy (non-hydrogen) atoms. The lowest BCUT2D eigenvalue weighted by atomic mass is 10.1. The highest BCUT2D eigenvalue weighted by Gasteiger charge is 2.06. The van der Waals surface area contributed by atoms with Gasteiger partial charge in [-0.25, -0.2) is 10.8 Å². The number of rotatable bonds is 5. The van der Waals surface area contributed by atoms with Crippen molar-refractivity contribution in [2.75, 3.05) is 0 Å². The average Bonchev–Trinajstić information content (AvgIpc) is 2.14. The van der Waals surface area contributed by atoms with Crippen molar-refractivity contribution in [3.05, 3.63) is 4.91 Å². The number of nitroso groups, excluding NO2 is 1. The van der Waals surface area contributed by atoms with Crippen molar-refractivity contribution in [2.24, 2.45) is 16.0 Å². The molecule has 0 rings (SSSR count). The Balaban J connectivity index is 4.17. The number of guanidine groups is 1. The van der Waals surface area contributed by atoms with E-state index in [1.807, 2.05) is 0 Å². The van der Waals surface area contributed by atoms with E-state index in [0.717, 1.165) is 25.7 Å². The Bertz CT molecular complexity index is 164. The zero-order chi connectivity index (χ0) is 10.1. The zero-order valence-electron chi connectivity index (χ0n) is 8.29. The second-order valence-electron chi connectivity index (χ2n) is 2.92. The van der Waals surface area contributed by atoms with Crippen LogP contribution in [0, 0.1) is 4.91 Å². The van der Waals surface area contributed by atoms with Gasteiger partial charge in [-0.1, -0.05) is 26.7 Å². The van der Waals surface area contributed by atoms with Crippen LogP contribution in [-0.4, -0.2) is 12.0 Å². The van der Waals surface area contributed by atoms with Gasteiger partial charge < -0.3 is 0 Å². The van der Waals surface area contributed by atoms with Crippen molar-refractivity contribution in [1.29, 1.82) is 0 Å². The van der Waals surface area contributed by atoms with Crippen LogP contribution in [0.4, 0.5) is 0 Å². The number of aliphatic imine (C=N–C) groups is 1. The minimum absolute atomic E-state index is 0.00750. The van der Waals surface area contributed by atoms with E-state index in [4.69, 9.17) is 5.84 Å². The van der Waals surface area contributed by atoms with Gasteiger partial charge in [0, 0.05) is 5.18 Å². The highest BCUT2D eigenvalue weighted by atomic mass is 16.3. The summed E-state index contributed by atoms with van der Waals surface area (Å²) in [6.07, 6.45) is 4.03. The predicted molar refractivity (Wildman–Crippen MR) is 54.2 cm³/mol. The Kier molecular flexibility index (Phi) is 7.10. The summed E-state index contributed by atoms with van der Waals surface area (Å²) in [4.78, 5) is 14.3. The molecule has 0 aromatic heterocycles. The largest absolute Gasteiger partial charge is 0.290 e. The molecule has 0 aliphatic rings. The molecule has 0 saturated carbocycles. The first kappa shape index (κ1) is 12.0. The molecule has 0 radical (unpaired) electrons. The van der Waals surface area contributed by atoms with Crippen molar-refractivity contribution < 1.29 is 0 Å². The van der Waals surface area contributed by atoms with Crippen LogP contribution >= 0.6 is 0 Å². The minimum Gasteiger partial charge on any atom is -0.290 e. The monoisotopic (exact) mass is 186 g/mol. The fourth-order valence-corrected chi connectivity index (χ4v) is 1.20. The van der Waals surface area contributed by atoms with Crippen molar-refractivity contribution in [3.63, 3.8) is 0 Å². The molecule has 0 aliphatic carbocycles. The highest BCUT2D eigenvalue weighted by molar-refractivity contribution is 5.79. The zero-order valence-corrected chi connectivity index (χ0v) is 8.29. The van der Waals surface area contributed by atoms with Crippen LogP contribution in [0.2, 0.25) is 0 Å². The maximum atomic E-state index is 10.2. The summed E-state index contributed by atoms with van der Waals surface area (Å²) in [5.41, 5.74) is 2.17. The summed E-state index contributed by atoms with van der Waals surface area (Å²) in [6.45, 7) is 4.17. The summed E-state index contributed by atoms with van der Waals surface area (Å²) in [6, 6.07) is 0.166. The van der Waals surface area contributed by atoms with E-state index in [1.165, 1.54) is 0 Å². The Labute approximate surface area is 78.7 Å². The molecule has 0 aromatic rings. The number of nitrogens with one attached hydrogen (secondary N) is 1. The topological polar surface area (TPSA) is 79.8 Å². The normalized spacial score (nSPS) is 11.8. The number of nitrogens with two attached hydrogens (primary N) is 1. The Hall–Kier alpha value is -0.970. The van der Waals surface area contributed by atoms with Gasteiger partial charge in [0.1, 0.15) is 0 Å². The van der Waals surface area contributed by atoms with Gasteiger partial charge in [0.05, 0.1) is 6.04 Å². The second kappa shape index (κ2) is 7.67. The van der Waals surface area contributed by atoms with Gasteiger partial charge in [-0.15, -0.1) is 4.91 Å². The molecule has 5 nitrogen and oxygen atoms in total. The molecular formula is C8H18N4O. The molecule has 0 atom stereocenters. The van der Waals surface area contributed by atoms with Gasteiger partial charge in [-0.3, -0.25) is 5.43 Å². The second-order valence-corrected chi connectivity index (χ2v) is 2.92. The van der Waals surface area contributed by atoms with E-state index in [1.54, 1.807) is 0 Å². The van der Waals surface area contributed by atoms with Gasteiger partial charge in [0.15, 0.2) is 0 Å².